The van der Waals surface area contributed by atoms with Gasteiger partial charge in [-0.15, -0.1) is 0 Å². The van der Waals surface area contributed by atoms with Crippen molar-refractivity contribution in [3.63, 3.8) is 0 Å². The van der Waals surface area contributed by atoms with Gasteiger partial charge in [0.25, 0.3) is 0 Å². The fourth-order valence-electron chi connectivity index (χ4n) is 5.09. The zero-order valence-corrected chi connectivity index (χ0v) is 15.5. The van der Waals surface area contributed by atoms with E-state index in [1.807, 2.05) is 0 Å². The molecule has 0 aromatic carbocycles. The zero-order chi connectivity index (χ0) is 15.5. The molecule has 2 aliphatic rings. The summed E-state index contributed by atoms with van der Waals surface area (Å²) in [6.45, 7) is 2.40. The van der Waals surface area contributed by atoms with Gasteiger partial charge in [-0.25, -0.2) is 0 Å². The fourth-order valence-corrected chi connectivity index (χ4v) is 5.09. The van der Waals surface area contributed by atoms with Gasteiger partial charge in [0.1, 0.15) is 14.6 Å². The number of hydrogen-bond acceptors (Lipinski definition) is 0. The van der Waals surface area contributed by atoms with Crippen LogP contribution in [0.4, 0.5) is 0 Å². The van der Waals surface area contributed by atoms with Gasteiger partial charge in [0, 0.05) is 0 Å². The second-order valence-electron chi connectivity index (χ2n) is 8.51. The summed E-state index contributed by atoms with van der Waals surface area (Å²) < 4.78 is 0. The first-order valence-electron chi connectivity index (χ1n) is 10.9. The van der Waals surface area contributed by atoms with Crippen LogP contribution in [0.15, 0.2) is 0 Å². The summed E-state index contributed by atoms with van der Waals surface area (Å²) in [4.78, 5) is 0. The second-order valence-corrected chi connectivity index (χ2v) is 8.51. The van der Waals surface area contributed by atoms with Crippen molar-refractivity contribution in [2.75, 3.05) is 0 Å². The van der Waals surface area contributed by atoms with Crippen molar-refractivity contribution in [3.8, 4) is 0 Å². The third kappa shape index (κ3) is 7.60. The summed E-state index contributed by atoms with van der Waals surface area (Å²) in [5.74, 6) is 3.20. The molecule has 22 heavy (non-hydrogen) atoms. The Bertz CT molecular complexity index is 244. The van der Waals surface area contributed by atoms with E-state index in [4.69, 9.17) is 0 Å². The Morgan fingerprint density at radius 1 is 0.455 bits per heavy atom. The molecule has 0 unspecified atom stereocenters. The first kappa shape index (κ1) is 18.5. The van der Waals surface area contributed by atoms with Gasteiger partial charge in [0.2, 0.25) is 0 Å². The normalized spacial score (nSPS) is 30.6. The lowest BCUT2D eigenvalue weighted by atomic mass is 9.50. The highest BCUT2D eigenvalue weighted by Crippen LogP contribution is 2.34. The maximum Gasteiger partial charge on any atom is 0.127 e. The fraction of sp³-hybridized carbons (Fsp3) is 1.00. The zero-order valence-electron chi connectivity index (χ0n) is 15.5. The molecule has 2 aliphatic carbocycles. The van der Waals surface area contributed by atoms with Crippen molar-refractivity contribution >= 4 is 14.6 Å². The summed E-state index contributed by atoms with van der Waals surface area (Å²) in [6, 6.07) is 0. The van der Waals surface area contributed by atoms with Gasteiger partial charge >= 0.3 is 0 Å². The number of hydrogen-bond donors (Lipinski definition) is 0. The van der Waals surface area contributed by atoms with E-state index in [1.54, 1.807) is 33.0 Å². The van der Waals surface area contributed by atoms with E-state index in [-0.39, 0.29) is 0 Å². The highest BCUT2D eigenvalue weighted by atomic mass is 14.1. The van der Waals surface area contributed by atoms with E-state index < -0.39 is 0 Å². The van der Waals surface area contributed by atoms with Crippen molar-refractivity contribution in [2.24, 2.45) is 0 Å². The molecule has 126 valence electrons. The first-order chi connectivity index (χ1) is 10.9. The van der Waals surface area contributed by atoms with Gasteiger partial charge in [0.05, 0.1) is 0 Å². The third-order valence-corrected chi connectivity index (χ3v) is 6.67. The van der Waals surface area contributed by atoms with E-state index in [0.29, 0.717) is 0 Å². The van der Waals surface area contributed by atoms with Gasteiger partial charge < -0.3 is 0 Å². The Kier molecular flexibility index (Phi) is 9.77. The Morgan fingerprint density at radius 2 is 0.773 bits per heavy atom. The van der Waals surface area contributed by atoms with Gasteiger partial charge in [0.15, 0.2) is 0 Å². The Balaban J connectivity index is 1.74. The Hall–Kier alpha value is 0.130. The topological polar surface area (TPSA) is 0 Å². The largest absolute Gasteiger partial charge is 0.127 e. The summed E-state index contributed by atoms with van der Waals surface area (Å²) in [7, 11) is 3.00. The third-order valence-electron chi connectivity index (χ3n) is 6.67. The van der Waals surface area contributed by atoms with Crippen LogP contribution in [0.3, 0.4) is 0 Å². The van der Waals surface area contributed by atoms with Gasteiger partial charge in [-0.2, -0.15) is 0 Å². The van der Waals surface area contributed by atoms with E-state index >= 15 is 0 Å². The van der Waals surface area contributed by atoms with E-state index in [9.17, 15) is 0 Å². The summed E-state index contributed by atoms with van der Waals surface area (Å²) in [5, 5.41) is 0. The quantitative estimate of drug-likeness (QED) is 0.519. The van der Waals surface area contributed by atoms with Crippen LogP contribution < -0.4 is 0 Å². The number of rotatable bonds is 3. The predicted octanol–water partition coefficient (Wildman–Crippen LogP) is 6.54. The maximum absolute atomic E-state index is 2.40. The molecule has 0 aromatic heterocycles. The molecule has 0 bridgehead atoms. The lowest BCUT2D eigenvalue weighted by Gasteiger charge is -2.24. The van der Waals surface area contributed by atoms with Crippen LogP contribution in [0.1, 0.15) is 103 Å². The lowest BCUT2D eigenvalue weighted by Crippen LogP contribution is -2.13. The molecule has 0 radical (unpaired) electrons. The highest BCUT2D eigenvalue weighted by Gasteiger charge is 2.20. The molecule has 0 atom stereocenters. The van der Waals surface area contributed by atoms with E-state index in [0.717, 1.165) is 17.5 Å². The predicted molar refractivity (Wildman–Crippen MR) is 105 cm³/mol. The van der Waals surface area contributed by atoms with Gasteiger partial charge in [-0.3, -0.25) is 0 Å². The molecule has 0 heterocycles. The molecular weight excluding hydrogens is 262 g/mol. The smallest absolute Gasteiger partial charge is 0.0891 e. The molecule has 2 saturated carbocycles. The van der Waals surface area contributed by atoms with Crippen LogP contribution >= 0.6 is 0 Å². The molecule has 2 fully saturated rings. The maximum atomic E-state index is 2.40. The van der Waals surface area contributed by atoms with Crippen molar-refractivity contribution in [1.29, 1.82) is 0 Å². The van der Waals surface area contributed by atoms with Crippen LogP contribution in [0.2, 0.25) is 24.3 Å². The van der Waals surface area contributed by atoms with E-state index in [1.165, 1.54) is 84.3 Å². The standard InChI is InChI=1S/C20H40B2/c1-21-18-12-8-10-16-20(17-11-9-13-18)22-19-14-6-4-2-3-5-7-15-19/h18-22H,2-17H2,1H3. The van der Waals surface area contributed by atoms with Crippen LogP contribution in [0.5, 0.6) is 0 Å². The minimum absolute atomic E-state index is 1.05. The molecule has 0 aromatic rings. The highest BCUT2D eigenvalue weighted by molar-refractivity contribution is 6.39. The van der Waals surface area contributed by atoms with E-state index in [2.05, 4.69) is 6.82 Å². The van der Waals surface area contributed by atoms with Crippen molar-refractivity contribution < 1.29 is 0 Å². The molecule has 2 heteroatoms. The van der Waals surface area contributed by atoms with Crippen LogP contribution in [-0.4, -0.2) is 14.6 Å². The molecule has 0 nitrogen and oxygen atoms in total. The minimum atomic E-state index is 1.05. The van der Waals surface area contributed by atoms with Gasteiger partial charge in [-0.1, -0.05) is 127 Å². The summed E-state index contributed by atoms with van der Waals surface area (Å²) in [6.07, 6.45) is 24.4. The summed E-state index contributed by atoms with van der Waals surface area (Å²) in [5.41, 5.74) is 0. The second kappa shape index (κ2) is 11.6. The molecule has 0 aliphatic heterocycles. The molecule has 0 spiro atoms. The Morgan fingerprint density at radius 3 is 1.18 bits per heavy atom. The lowest BCUT2D eigenvalue weighted by molar-refractivity contribution is 0.494. The molecular formula is C20H40B2. The first-order valence-corrected chi connectivity index (χ1v) is 10.9. The molecule has 0 saturated heterocycles. The molecule has 0 amide bonds. The van der Waals surface area contributed by atoms with Crippen LogP contribution in [0.25, 0.3) is 0 Å². The minimum Gasteiger partial charge on any atom is -0.0891 e. The van der Waals surface area contributed by atoms with Gasteiger partial charge in [-0.05, 0) is 0 Å². The van der Waals surface area contributed by atoms with Crippen molar-refractivity contribution in [2.45, 2.75) is 127 Å². The average Bonchev–Trinajstić information content (AvgIpc) is 2.67. The Labute approximate surface area is 142 Å². The monoisotopic (exact) mass is 302 g/mol. The summed E-state index contributed by atoms with van der Waals surface area (Å²) >= 11 is 0. The van der Waals surface area contributed by atoms with Crippen LogP contribution in [0, 0.1) is 0 Å². The SMILES string of the molecule is CBC1CCCCC(BC2CCCCCCCC2)CCCC1. The van der Waals surface area contributed by atoms with Crippen molar-refractivity contribution in [1.82, 2.24) is 0 Å². The molecule has 2 rings (SSSR count). The average molecular weight is 302 g/mol. The van der Waals surface area contributed by atoms with Crippen molar-refractivity contribution in [3.05, 3.63) is 0 Å². The molecule has 0 N–H and O–H groups in total. The van der Waals surface area contributed by atoms with Crippen LogP contribution in [-0.2, 0) is 0 Å².